The van der Waals surface area contributed by atoms with Gasteiger partial charge in [-0.15, -0.1) is 0 Å². The Bertz CT molecular complexity index is 845. The maximum Gasteiger partial charge on any atom is 0.339 e. The number of hydrogen-bond acceptors (Lipinski definition) is 3. The van der Waals surface area contributed by atoms with E-state index in [2.05, 4.69) is 10.1 Å². The van der Waals surface area contributed by atoms with E-state index in [1.54, 1.807) is 18.8 Å². The Kier molecular flexibility index (Phi) is 2.94. The number of carboxylic acid groups (broad SMARTS) is 1. The molecule has 0 saturated carbocycles. The first kappa shape index (κ1) is 13.2. The predicted molar refractivity (Wildman–Crippen MR) is 78.7 cm³/mol. The van der Waals surface area contributed by atoms with E-state index < -0.39 is 5.97 Å². The molecule has 21 heavy (non-hydrogen) atoms. The molecule has 0 aliphatic rings. The highest BCUT2D eigenvalue weighted by molar-refractivity contribution is 6.03. The first-order chi connectivity index (χ1) is 10.0. The maximum atomic E-state index is 11.4. The van der Waals surface area contributed by atoms with Crippen LogP contribution in [-0.4, -0.2) is 33.0 Å². The molecule has 6 heteroatoms. The lowest BCUT2D eigenvalue weighted by Crippen LogP contribution is -2.01. The number of methoxy groups -OCH3 is 1. The van der Waals surface area contributed by atoms with Gasteiger partial charge in [0.2, 0.25) is 0 Å². The van der Waals surface area contributed by atoms with Crippen molar-refractivity contribution in [3.63, 3.8) is 0 Å². The van der Waals surface area contributed by atoms with Crippen molar-refractivity contribution in [2.24, 2.45) is 7.05 Å². The molecular formula is C15H15N3O3. The van der Waals surface area contributed by atoms with Gasteiger partial charge in [-0.05, 0) is 25.1 Å². The zero-order chi connectivity index (χ0) is 15.1. The lowest BCUT2D eigenvalue weighted by Gasteiger charge is -2.06. The lowest BCUT2D eigenvalue weighted by atomic mass is 10.0. The molecule has 0 atom stereocenters. The number of nitrogens with one attached hydrogen (secondary N) is 1. The summed E-state index contributed by atoms with van der Waals surface area (Å²) >= 11 is 0. The fourth-order valence-corrected chi connectivity index (χ4v) is 2.63. The van der Waals surface area contributed by atoms with Crippen molar-refractivity contribution in [2.75, 3.05) is 7.11 Å². The molecular weight excluding hydrogens is 270 g/mol. The standard InChI is InChI=1S/C15H15N3O3/c1-8-13(14-11(15(19)20)7-16-18(14)2)10-6-9(21-3)4-5-12(10)17-8/h4-7,17H,1-3H3,(H,19,20). The summed E-state index contributed by atoms with van der Waals surface area (Å²) in [7, 11) is 3.34. The Labute approximate surface area is 121 Å². The number of nitrogens with zero attached hydrogens (tertiary/aromatic N) is 2. The summed E-state index contributed by atoms with van der Waals surface area (Å²) in [5.41, 5.74) is 3.43. The largest absolute Gasteiger partial charge is 0.497 e. The van der Waals surface area contributed by atoms with Crippen molar-refractivity contribution in [2.45, 2.75) is 6.92 Å². The third kappa shape index (κ3) is 1.96. The van der Waals surface area contributed by atoms with E-state index in [1.807, 2.05) is 25.1 Å². The van der Waals surface area contributed by atoms with Crippen LogP contribution in [0.3, 0.4) is 0 Å². The van der Waals surface area contributed by atoms with Gasteiger partial charge in [-0.1, -0.05) is 0 Å². The SMILES string of the molecule is COc1ccc2[nH]c(C)c(-c3c(C(=O)O)cnn3C)c2c1. The van der Waals surface area contributed by atoms with Gasteiger partial charge in [0.05, 0.1) is 19.0 Å². The van der Waals surface area contributed by atoms with Gasteiger partial charge in [0, 0.05) is 29.2 Å². The van der Waals surface area contributed by atoms with Crippen LogP contribution < -0.4 is 4.74 Å². The summed E-state index contributed by atoms with van der Waals surface area (Å²) in [6.07, 6.45) is 1.37. The molecule has 0 fully saturated rings. The molecule has 0 aliphatic heterocycles. The van der Waals surface area contributed by atoms with E-state index >= 15 is 0 Å². The summed E-state index contributed by atoms with van der Waals surface area (Å²) in [6, 6.07) is 5.68. The molecule has 0 spiro atoms. The highest BCUT2D eigenvalue weighted by atomic mass is 16.5. The van der Waals surface area contributed by atoms with Gasteiger partial charge in [0.1, 0.15) is 11.3 Å². The Morgan fingerprint density at radius 2 is 2.19 bits per heavy atom. The zero-order valence-corrected chi connectivity index (χ0v) is 12.0. The van der Waals surface area contributed by atoms with Crippen LogP contribution in [0.4, 0.5) is 0 Å². The Balaban J connectivity index is 2.37. The minimum Gasteiger partial charge on any atom is -0.497 e. The number of fused-ring (bicyclic) bond motifs is 1. The summed E-state index contributed by atoms with van der Waals surface area (Å²) in [6.45, 7) is 1.92. The lowest BCUT2D eigenvalue weighted by molar-refractivity contribution is 0.0697. The molecule has 2 N–H and O–H groups in total. The number of carbonyl (C=O) groups is 1. The van der Waals surface area contributed by atoms with E-state index in [-0.39, 0.29) is 5.56 Å². The van der Waals surface area contributed by atoms with Crippen molar-refractivity contribution in [1.29, 1.82) is 0 Å². The minimum absolute atomic E-state index is 0.185. The summed E-state index contributed by atoms with van der Waals surface area (Å²) in [4.78, 5) is 14.7. The van der Waals surface area contributed by atoms with Crippen LogP contribution in [0, 0.1) is 6.92 Å². The van der Waals surface area contributed by atoms with Gasteiger partial charge in [-0.25, -0.2) is 4.79 Å². The van der Waals surface area contributed by atoms with Crippen molar-refractivity contribution in [1.82, 2.24) is 14.8 Å². The highest BCUT2D eigenvalue weighted by Crippen LogP contribution is 2.35. The molecule has 2 heterocycles. The Morgan fingerprint density at radius 3 is 2.86 bits per heavy atom. The molecule has 0 aliphatic carbocycles. The Morgan fingerprint density at radius 1 is 1.43 bits per heavy atom. The van der Waals surface area contributed by atoms with Crippen LogP contribution >= 0.6 is 0 Å². The van der Waals surface area contributed by atoms with Crippen LogP contribution in [0.2, 0.25) is 0 Å². The van der Waals surface area contributed by atoms with Gasteiger partial charge in [0.15, 0.2) is 0 Å². The molecule has 3 rings (SSSR count). The first-order valence-corrected chi connectivity index (χ1v) is 6.45. The monoisotopic (exact) mass is 285 g/mol. The van der Waals surface area contributed by atoms with Gasteiger partial charge in [-0.3, -0.25) is 4.68 Å². The smallest absolute Gasteiger partial charge is 0.339 e. The molecule has 0 amide bonds. The quantitative estimate of drug-likeness (QED) is 0.775. The number of aromatic amines is 1. The molecule has 3 aromatic rings. The number of carboxylic acids is 1. The normalized spacial score (nSPS) is 11.0. The van der Waals surface area contributed by atoms with Crippen molar-refractivity contribution < 1.29 is 14.6 Å². The third-order valence-electron chi connectivity index (χ3n) is 3.60. The molecule has 108 valence electrons. The molecule has 0 unspecified atom stereocenters. The average Bonchev–Trinajstić information content (AvgIpc) is 2.97. The van der Waals surface area contributed by atoms with Gasteiger partial charge >= 0.3 is 5.97 Å². The van der Waals surface area contributed by atoms with Crippen molar-refractivity contribution in [3.8, 4) is 17.0 Å². The number of aromatic nitrogens is 3. The summed E-state index contributed by atoms with van der Waals surface area (Å²) < 4.78 is 6.84. The predicted octanol–water partition coefficient (Wildman–Crippen LogP) is 2.58. The number of aromatic carboxylic acids is 1. The number of hydrogen-bond donors (Lipinski definition) is 2. The fourth-order valence-electron chi connectivity index (χ4n) is 2.63. The van der Waals surface area contributed by atoms with Gasteiger partial charge in [0.25, 0.3) is 0 Å². The Hall–Kier alpha value is -2.76. The summed E-state index contributed by atoms with van der Waals surface area (Å²) in [5, 5.41) is 14.3. The maximum absolute atomic E-state index is 11.4. The third-order valence-corrected chi connectivity index (χ3v) is 3.60. The van der Waals surface area contributed by atoms with Gasteiger partial charge in [-0.2, -0.15) is 5.10 Å². The van der Waals surface area contributed by atoms with Crippen LogP contribution in [0.25, 0.3) is 22.2 Å². The second-order valence-corrected chi connectivity index (χ2v) is 4.87. The molecule has 0 radical (unpaired) electrons. The first-order valence-electron chi connectivity index (χ1n) is 6.45. The van der Waals surface area contributed by atoms with Gasteiger partial charge < -0.3 is 14.8 Å². The van der Waals surface area contributed by atoms with E-state index in [0.717, 1.165) is 27.9 Å². The summed E-state index contributed by atoms with van der Waals surface area (Å²) in [5.74, 6) is -0.267. The van der Waals surface area contributed by atoms with E-state index in [1.165, 1.54) is 6.20 Å². The van der Waals surface area contributed by atoms with Crippen LogP contribution in [0.15, 0.2) is 24.4 Å². The molecule has 0 bridgehead atoms. The second-order valence-electron chi connectivity index (χ2n) is 4.87. The van der Waals surface area contributed by atoms with Crippen LogP contribution in [0.5, 0.6) is 5.75 Å². The van der Waals surface area contributed by atoms with E-state index in [4.69, 9.17) is 4.74 Å². The van der Waals surface area contributed by atoms with E-state index in [0.29, 0.717) is 5.69 Å². The second kappa shape index (κ2) is 4.66. The van der Waals surface area contributed by atoms with E-state index in [9.17, 15) is 9.90 Å². The molecule has 6 nitrogen and oxygen atoms in total. The van der Waals surface area contributed by atoms with Crippen molar-refractivity contribution in [3.05, 3.63) is 35.7 Å². The number of rotatable bonds is 3. The average molecular weight is 285 g/mol. The number of benzene rings is 1. The number of H-pyrrole nitrogens is 1. The van der Waals surface area contributed by atoms with Crippen molar-refractivity contribution >= 4 is 16.9 Å². The minimum atomic E-state index is -0.991. The topological polar surface area (TPSA) is 80.1 Å². The number of ether oxygens (including phenoxy) is 1. The van der Waals surface area contributed by atoms with Crippen LogP contribution in [-0.2, 0) is 7.05 Å². The highest BCUT2D eigenvalue weighted by Gasteiger charge is 2.22. The number of aryl methyl sites for hydroxylation is 2. The molecule has 0 saturated heterocycles. The molecule has 1 aromatic carbocycles. The zero-order valence-electron chi connectivity index (χ0n) is 12.0. The van der Waals surface area contributed by atoms with Crippen LogP contribution in [0.1, 0.15) is 16.1 Å². The fraction of sp³-hybridized carbons (Fsp3) is 0.200. The molecule has 2 aromatic heterocycles.